The predicted molar refractivity (Wildman–Crippen MR) is 65.7 cm³/mol. The molecule has 17 heavy (non-hydrogen) atoms. The Labute approximate surface area is 104 Å². The Kier molecular flexibility index (Phi) is 4.47. The molecular weight excluding hydrogens is 238 g/mol. The van der Waals surface area contributed by atoms with E-state index in [4.69, 9.17) is 10.5 Å². The summed E-state index contributed by atoms with van der Waals surface area (Å²) in [6.07, 6.45) is 2.64. The fourth-order valence-corrected chi connectivity index (χ4v) is 2.46. The van der Waals surface area contributed by atoms with E-state index < -0.39 is 0 Å². The Morgan fingerprint density at radius 3 is 3.24 bits per heavy atom. The van der Waals surface area contributed by atoms with Gasteiger partial charge in [0.25, 0.3) is 0 Å². The average Bonchev–Trinajstić information content (AvgIpc) is 2.97. The minimum Gasteiger partial charge on any atom is -0.376 e. The number of thiazole rings is 1. The Bertz CT molecular complexity index is 375. The van der Waals surface area contributed by atoms with Crippen LogP contribution in [0.4, 0.5) is 0 Å². The number of rotatable bonds is 5. The zero-order chi connectivity index (χ0) is 12.1. The van der Waals surface area contributed by atoms with Crippen molar-refractivity contribution in [3.63, 3.8) is 0 Å². The molecular formula is C11H17N3O2S. The summed E-state index contributed by atoms with van der Waals surface area (Å²) in [6, 6.07) is 0. The smallest absolute Gasteiger partial charge is 0.226 e. The minimum absolute atomic E-state index is 0.00521. The van der Waals surface area contributed by atoms with Crippen LogP contribution >= 0.6 is 11.3 Å². The first kappa shape index (κ1) is 12.5. The molecule has 6 heteroatoms. The van der Waals surface area contributed by atoms with E-state index in [9.17, 15) is 4.79 Å². The third-order valence-electron chi connectivity index (χ3n) is 2.67. The third-order valence-corrected chi connectivity index (χ3v) is 3.59. The SMILES string of the molecule is NCc1nc(CC(=O)NCC2CCCO2)cs1. The lowest BCUT2D eigenvalue weighted by Crippen LogP contribution is -2.32. The van der Waals surface area contributed by atoms with Gasteiger partial charge in [0, 0.05) is 25.1 Å². The number of aromatic nitrogens is 1. The fourth-order valence-electron chi connectivity index (χ4n) is 1.78. The number of amides is 1. The van der Waals surface area contributed by atoms with Crippen molar-refractivity contribution in [2.24, 2.45) is 5.73 Å². The highest BCUT2D eigenvalue weighted by atomic mass is 32.1. The molecule has 0 radical (unpaired) electrons. The number of ether oxygens (including phenoxy) is 1. The van der Waals surface area contributed by atoms with Crippen LogP contribution in [0, 0.1) is 0 Å². The molecule has 1 fully saturated rings. The second-order valence-corrected chi connectivity index (χ2v) is 5.00. The van der Waals surface area contributed by atoms with E-state index in [0.29, 0.717) is 19.5 Å². The standard InChI is InChI=1S/C11H17N3O2S/c12-5-11-14-8(7-17-11)4-10(15)13-6-9-2-1-3-16-9/h7,9H,1-6,12H2,(H,13,15). The van der Waals surface area contributed by atoms with Crippen molar-refractivity contribution >= 4 is 17.2 Å². The van der Waals surface area contributed by atoms with Crippen molar-refractivity contribution in [3.8, 4) is 0 Å². The molecule has 2 rings (SSSR count). The molecule has 0 spiro atoms. The van der Waals surface area contributed by atoms with Gasteiger partial charge in [0.05, 0.1) is 18.2 Å². The third kappa shape index (κ3) is 3.76. The molecule has 5 nitrogen and oxygen atoms in total. The van der Waals surface area contributed by atoms with Crippen LogP contribution in [0.15, 0.2) is 5.38 Å². The molecule has 94 valence electrons. The van der Waals surface area contributed by atoms with Crippen molar-refractivity contribution in [1.82, 2.24) is 10.3 Å². The van der Waals surface area contributed by atoms with E-state index in [1.807, 2.05) is 5.38 Å². The van der Waals surface area contributed by atoms with Gasteiger partial charge in [-0.3, -0.25) is 4.79 Å². The van der Waals surface area contributed by atoms with Crippen molar-refractivity contribution in [3.05, 3.63) is 16.1 Å². The lowest BCUT2D eigenvalue weighted by Gasteiger charge is -2.09. The number of hydrogen-bond acceptors (Lipinski definition) is 5. The van der Waals surface area contributed by atoms with Crippen LogP contribution in [0.25, 0.3) is 0 Å². The number of nitrogens with zero attached hydrogens (tertiary/aromatic N) is 1. The van der Waals surface area contributed by atoms with Crippen LogP contribution in [0.5, 0.6) is 0 Å². The topological polar surface area (TPSA) is 77.2 Å². The van der Waals surface area contributed by atoms with Gasteiger partial charge in [-0.05, 0) is 12.8 Å². The average molecular weight is 255 g/mol. The van der Waals surface area contributed by atoms with Crippen molar-refractivity contribution in [1.29, 1.82) is 0 Å². The maximum absolute atomic E-state index is 11.6. The van der Waals surface area contributed by atoms with Crippen LogP contribution in [0.1, 0.15) is 23.5 Å². The first-order valence-electron chi connectivity index (χ1n) is 5.79. The number of nitrogens with one attached hydrogen (secondary N) is 1. The van der Waals surface area contributed by atoms with E-state index in [-0.39, 0.29) is 12.0 Å². The van der Waals surface area contributed by atoms with Gasteiger partial charge in [-0.25, -0.2) is 4.98 Å². The van der Waals surface area contributed by atoms with Gasteiger partial charge in [0.15, 0.2) is 0 Å². The summed E-state index contributed by atoms with van der Waals surface area (Å²) in [5.41, 5.74) is 6.26. The molecule has 0 aliphatic carbocycles. The van der Waals surface area contributed by atoms with E-state index in [0.717, 1.165) is 30.2 Å². The highest BCUT2D eigenvalue weighted by molar-refractivity contribution is 7.09. The van der Waals surface area contributed by atoms with Gasteiger partial charge in [-0.15, -0.1) is 11.3 Å². The Balaban J connectivity index is 1.72. The Morgan fingerprint density at radius 1 is 1.71 bits per heavy atom. The van der Waals surface area contributed by atoms with E-state index in [1.54, 1.807) is 0 Å². The molecule has 1 amide bonds. The molecule has 2 heterocycles. The van der Waals surface area contributed by atoms with Crippen LogP contribution in [-0.2, 0) is 22.5 Å². The zero-order valence-corrected chi connectivity index (χ0v) is 10.5. The monoisotopic (exact) mass is 255 g/mol. The molecule has 1 saturated heterocycles. The van der Waals surface area contributed by atoms with Gasteiger partial charge in [-0.1, -0.05) is 0 Å². The molecule has 1 aliphatic rings. The van der Waals surface area contributed by atoms with Gasteiger partial charge >= 0.3 is 0 Å². The second-order valence-electron chi connectivity index (χ2n) is 4.05. The predicted octanol–water partition coefficient (Wildman–Crippen LogP) is 0.439. The van der Waals surface area contributed by atoms with Gasteiger partial charge < -0.3 is 15.8 Å². The van der Waals surface area contributed by atoms with E-state index in [1.165, 1.54) is 11.3 Å². The summed E-state index contributed by atoms with van der Waals surface area (Å²) in [5, 5.41) is 5.62. The van der Waals surface area contributed by atoms with E-state index in [2.05, 4.69) is 10.3 Å². The zero-order valence-electron chi connectivity index (χ0n) is 9.65. The summed E-state index contributed by atoms with van der Waals surface area (Å²) < 4.78 is 5.43. The highest BCUT2D eigenvalue weighted by Gasteiger charge is 2.16. The largest absolute Gasteiger partial charge is 0.376 e. The van der Waals surface area contributed by atoms with Crippen LogP contribution in [0.2, 0.25) is 0 Å². The van der Waals surface area contributed by atoms with Crippen LogP contribution < -0.4 is 11.1 Å². The van der Waals surface area contributed by atoms with Crippen LogP contribution in [0.3, 0.4) is 0 Å². The van der Waals surface area contributed by atoms with Gasteiger partial charge in [0.1, 0.15) is 5.01 Å². The second kappa shape index (κ2) is 6.09. The normalized spacial score (nSPS) is 19.5. The maximum atomic E-state index is 11.6. The lowest BCUT2D eigenvalue weighted by atomic mass is 10.2. The highest BCUT2D eigenvalue weighted by Crippen LogP contribution is 2.11. The number of nitrogens with two attached hydrogens (primary N) is 1. The molecule has 0 bridgehead atoms. The summed E-state index contributed by atoms with van der Waals surface area (Å²) in [7, 11) is 0. The minimum atomic E-state index is -0.00521. The fraction of sp³-hybridized carbons (Fsp3) is 0.636. The maximum Gasteiger partial charge on any atom is 0.226 e. The first-order valence-corrected chi connectivity index (χ1v) is 6.67. The summed E-state index contributed by atoms with van der Waals surface area (Å²) in [5.74, 6) is -0.00521. The summed E-state index contributed by atoms with van der Waals surface area (Å²) in [6.45, 7) is 1.85. The van der Waals surface area contributed by atoms with E-state index >= 15 is 0 Å². The molecule has 1 atom stereocenters. The molecule has 3 N–H and O–H groups in total. The Morgan fingerprint density at radius 2 is 2.59 bits per heavy atom. The Hall–Kier alpha value is -0.980. The molecule has 0 aromatic carbocycles. The quantitative estimate of drug-likeness (QED) is 0.800. The van der Waals surface area contributed by atoms with Crippen LogP contribution in [-0.4, -0.2) is 30.1 Å². The summed E-state index contributed by atoms with van der Waals surface area (Å²) >= 11 is 1.49. The number of carbonyl (C=O) groups is 1. The molecule has 1 aromatic heterocycles. The molecule has 1 unspecified atom stereocenters. The number of carbonyl (C=O) groups excluding carboxylic acids is 1. The van der Waals surface area contributed by atoms with Gasteiger partial charge in [0.2, 0.25) is 5.91 Å². The van der Waals surface area contributed by atoms with Crippen molar-refractivity contribution in [2.75, 3.05) is 13.2 Å². The molecule has 0 saturated carbocycles. The molecule has 1 aliphatic heterocycles. The van der Waals surface area contributed by atoms with Crippen molar-refractivity contribution < 1.29 is 9.53 Å². The number of hydrogen-bond donors (Lipinski definition) is 2. The summed E-state index contributed by atoms with van der Waals surface area (Å²) in [4.78, 5) is 15.9. The lowest BCUT2D eigenvalue weighted by molar-refractivity contribution is -0.121. The molecule has 1 aromatic rings. The van der Waals surface area contributed by atoms with Crippen molar-refractivity contribution in [2.45, 2.75) is 31.9 Å². The first-order chi connectivity index (χ1) is 8.28. The van der Waals surface area contributed by atoms with Gasteiger partial charge in [-0.2, -0.15) is 0 Å².